The van der Waals surface area contributed by atoms with Crippen LogP contribution in [0.1, 0.15) is 48.9 Å². The Balaban J connectivity index is 1.95. The van der Waals surface area contributed by atoms with Crippen molar-refractivity contribution < 1.29 is 27.7 Å². The Bertz CT molecular complexity index is 1040. The second kappa shape index (κ2) is 9.16. The second-order valence-electron chi connectivity index (χ2n) is 7.95. The highest BCUT2D eigenvalue weighted by molar-refractivity contribution is 7.91. The van der Waals surface area contributed by atoms with Crippen LogP contribution in [0.5, 0.6) is 0 Å². The Morgan fingerprint density at radius 1 is 1.23 bits per heavy atom. The Morgan fingerprint density at radius 2 is 1.90 bits per heavy atom. The van der Waals surface area contributed by atoms with Crippen LogP contribution >= 0.6 is 0 Å². The van der Waals surface area contributed by atoms with Crippen LogP contribution in [0.3, 0.4) is 0 Å². The van der Waals surface area contributed by atoms with Gasteiger partial charge in [0, 0.05) is 24.3 Å². The van der Waals surface area contributed by atoms with E-state index in [0.717, 1.165) is 56.0 Å². The maximum absolute atomic E-state index is 13.3. The first-order chi connectivity index (χ1) is 14.6. The van der Waals surface area contributed by atoms with Gasteiger partial charge in [-0.1, -0.05) is 19.3 Å². The Kier molecular flexibility index (Phi) is 6.77. The Morgan fingerprint density at radius 3 is 2.45 bits per heavy atom. The molecular weight excluding hydrogens is 430 g/mol. The number of amides is 1. The summed E-state index contributed by atoms with van der Waals surface area (Å²) in [5.74, 6) is -1.51. The van der Waals surface area contributed by atoms with Crippen molar-refractivity contribution in [3.05, 3.63) is 38.3 Å². The molecule has 0 spiro atoms. The van der Waals surface area contributed by atoms with Gasteiger partial charge in [0.15, 0.2) is 9.84 Å². The van der Waals surface area contributed by atoms with Gasteiger partial charge in [-0.05, 0) is 19.3 Å². The molecule has 0 radical (unpaired) electrons. The van der Waals surface area contributed by atoms with Crippen molar-refractivity contribution in [2.75, 3.05) is 18.6 Å². The van der Waals surface area contributed by atoms with Gasteiger partial charge in [0.2, 0.25) is 5.91 Å². The first-order valence-electron chi connectivity index (χ1n) is 10.1. The first-order valence-corrected chi connectivity index (χ1v) is 11.9. The van der Waals surface area contributed by atoms with Crippen LogP contribution < -0.4 is 5.56 Å². The van der Waals surface area contributed by atoms with E-state index in [9.17, 15) is 32.9 Å². The molecule has 31 heavy (non-hydrogen) atoms. The minimum atomic E-state index is -3.25. The van der Waals surface area contributed by atoms with Crippen molar-refractivity contribution in [3.63, 3.8) is 0 Å². The number of esters is 1. The fourth-order valence-electron chi connectivity index (χ4n) is 4.38. The van der Waals surface area contributed by atoms with E-state index in [0.29, 0.717) is 6.42 Å². The highest BCUT2D eigenvalue weighted by Gasteiger charge is 2.38. The van der Waals surface area contributed by atoms with Gasteiger partial charge in [0.05, 0.1) is 29.1 Å². The summed E-state index contributed by atoms with van der Waals surface area (Å²) in [6.07, 6.45) is 5.72. The fourth-order valence-corrected chi connectivity index (χ4v) is 6.10. The molecule has 2 fully saturated rings. The third kappa shape index (κ3) is 5.12. The summed E-state index contributed by atoms with van der Waals surface area (Å²) in [7, 11) is -2.15. The SMILES string of the molecule is COC(=O)c1cc([N+](=O)[O-])c(=O)n(CC(=O)N(C2CCCCC2)C2CCS(=O)(=O)C2)c1. The normalized spacial score (nSPS) is 20.9. The van der Waals surface area contributed by atoms with Gasteiger partial charge in [-0.15, -0.1) is 0 Å². The molecule has 1 aromatic heterocycles. The third-order valence-corrected chi connectivity index (χ3v) is 7.60. The number of pyridine rings is 1. The van der Waals surface area contributed by atoms with Crippen LogP contribution in [0.4, 0.5) is 5.69 Å². The minimum Gasteiger partial charge on any atom is -0.465 e. The van der Waals surface area contributed by atoms with Crippen LogP contribution in [-0.4, -0.2) is 65.4 Å². The van der Waals surface area contributed by atoms with E-state index in [1.165, 1.54) is 0 Å². The highest BCUT2D eigenvalue weighted by Crippen LogP contribution is 2.28. The molecule has 1 aliphatic heterocycles. The van der Waals surface area contributed by atoms with E-state index in [4.69, 9.17) is 0 Å². The van der Waals surface area contributed by atoms with E-state index in [-0.39, 0.29) is 23.1 Å². The number of aromatic nitrogens is 1. The molecule has 1 atom stereocenters. The zero-order chi connectivity index (χ0) is 22.8. The molecule has 2 aliphatic rings. The van der Waals surface area contributed by atoms with E-state index in [2.05, 4.69) is 4.74 Å². The van der Waals surface area contributed by atoms with Gasteiger partial charge in [-0.3, -0.25) is 24.3 Å². The van der Waals surface area contributed by atoms with Gasteiger partial charge in [-0.2, -0.15) is 0 Å². The summed E-state index contributed by atoms with van der Waals surface area (Å²) in [4.78, 5) is 49.6. The van der Waals surface area contributed by atoms with E-state index in [1.54, 1.807) is 4.90 Å². The second-order valence-corrected chi connectivity index (χ2v) is 10.2. The number of carbonyl (C=O) groups is 2. The zero-order valence-electron chi connectivity index (χ0n) is 17.2. The molecule has 1 unspecified atom stereocenters. The monoisotopic (exact) mass is 455 g/mol. The van der Waals surface area contributed by atoms with Crippen LogP contribution in [0.2, 0.25) is 0 Å². The topological polar surface area (TPSA) is 146 Å². The molecule has 0 bridgehead atoms. The summed E-state index contributed by atoms with van der Waals surface area (Å²) < 4.78 is 29.4. The van der Waals surface area contributed by atoms with Crippen LogP contribution in [-0.2, 0) is 25.9 Å². The van der Waals surface area contributed by atoms with Gasteiger partial charge in [0.25, 0.3) is 0 Å². The van der Waals surface area contributed by atoms with Gasteiger partial charge in [-0.25, -0.2) is 13.2 Å². The molecule has 1 aliphatic carbocycles. The molecule has 3 rings (SSSR count). The lowest BCUT2D eigenvalue weighted by atomic mass is 9.93. The smallest absolute Gasteiger partial charge is 0.339 e. The number of ether oxygens (including phenoxy) is 1. The highest BCUT2D eigenvalue weighted by atomic mass is 32.2. The lowest BCUT2D eigenvalue weighted by molar-refractivity contribution is -0.386. The summed E-state index contributed by atoms with van der Waals surface area (Å²) in [5, 5.41) is 11.3. The van der Waals surface area contributed by atoms with Gasteiger partial charge < -0.3 is 9.64 Å². The number of rotatable bonds is 6. The summed E-state index contributed by atoms with van der Waals surface area (Å²) in [6, 6.07) is 0.182. The van der Waals surface area contributed by atoms with E-state index >= 15 is 0 Å². The largest absolute Gasteiger partial charge is 0.465 e. The lowest BCUT2D eigenvalue weighted by Crippen LogP contribution is -2.50. The maximum atomic E-state index is 13.3. The molecule has 11 nitrogen and oxygen atoms in total. The standard InChI is InChI=1S/C19H25N3O8S/c1-30-19(25)13-9-16(22(26)27)18(24)20(10-13)11-17(23)21(14-5-3-2-4-6-14)15-7-8-31(28,29)12-15/h9-10,14-15H,2-8,11-12H2,1H3. The molecule has 2 heterocycles. The lowest BCUT2D eigenvalue weighted by Gasteiger charge is -2.38. The number of sulfone groups is 1. The molecule has 1 amide bonds. The Hall–Kier alpha value is -2.76. The minimum absolute atomic E-state index is 0.00257. The van der Waals surface area contributed by atoms with E-state index in [1.807, 2.05) is 0 Å². The number of nitrogens with zero attached hydrogens (tertiary/aromatic N) is 3. The number of nitro groups is 1. The predicted molar refractivity (Wildman–Crippen MR) is 109 cm³/mol. The molecule has 1 saturated carbocycles. The van der Waals surface area contributed by atoms with Crippen molar-refractivity contribution in [1.82, 2.24) is 9.47 Å². The zero-order valence-corrected chi connectivity index (χ0v) is 18.0. The maximum Gasteiger partial charge on any atom is 0.339 e. The summed E-state index contributed by atoms with van der Waals surface area (Å²) >= 11 is 0. The van der Waals surface area contributed by atoms with Crippen LogP contribution in [0.15, 0.2) is 17.1 Å². The molecule has 12 heteroatoms. The first kappa shape index (κ1) is 22.9. The van der Waals surface area contributed by atoms with Crippen LogP contribution in [0.25, 0.3) is 0 Å². The predicted octanol–water partition coefficient (Wildman–Crippen LogP) is 0.891. The van der Waals surface area contributed by atoms with Crippen LogP contribution in [0, 0.1) is 10.1 Å². The van der Waals surface area contributed by atoms with Gasteiger partial charge in [0.1, 0.15) is 6.54 Å². The fraction of sp³-hybridized carbons (Fsp3) is 0.632. The van der Waals surface area contributed by atoms with Gasteiger partial charge >= 0.3 is 17.2 Å². The molecular formula is C19H25N3O8S. The van der Waals surface area contributed by atoms with Crippen molar-refractivity contribution in [3.8, 4) is 0 Å². The van der Waals surface area contributed by atoms with E-state index < -0.39 is 50.5 Å². The summed E-state index contributed by atoms with van der Waals surface area (Å²) in [5.41, 5.74) is -2.09. The molecule has 1 saturated heterocycles. The quantitative estimate of drug-likeness (QED) is 0.349. The number of methoxy groups -OCH3 is 1. The molecule has 0 aromatic carbocycles. The number of hydrogen-bond donors (Lipinski definition) is 0. The average Bonchev–Trinajstić information content (AvgIpc) is 3.08. The van der Waals surface area contributed by atoms with Crippen molar-refractivity contribution >= 4 is 27.4 Å². The number of carbonyl (C=O) groups excluding carboxylic acids is 2. The average molecular weight is 455 g/mol. The molecule has 170 valence electrons. The Labute approximate surface area is 179 Å². The van der Waals surface area contributed by atoms with Crippen molar-refractivity contribution in [2.45, 2.75) is 57.2 Å². The number of hydrogen-bond acceptors (Lipinski definition) is 8. The molecule has 0 N–H and O–H groups in total. The molecule has 1 aromatic rings. The van der Waals surface area contributed by atoms with Crippen molar-refractivity contribution in [1.29, 1.82) is 0 Å². The third-order valence-electron chi connectivity index (χ3n) is 5.85. The summed E-state index contributed by atoms with van der Waals surface area (Å²) in [6.45, 7) is -0.530. The van der Waals surface area contributed by atoms with Crippen molar-refractivity contribution in [2.24, 2.45) is 0 Å².